The van der Waals surface area contributed by atoms with E-state index in [1.807, 2.05) is 0 Å². The summed E-state index contributed by atoms with van der Waals surface area (Å²) in [5.74, 6) is 0. The fourth-order valence-corrected chi connectivity index (χ4v) is 9.07. The van der Waals surface area contributed by atoms with Crippen molar-refractivity contribution < 1.29 is 0 Å². The van der Waals surface area contributed by atoms with Crippen molar-refractivity contribution >= 4 is 43.1 Å². The number of benzene rings is 10. The van der Waals surface area contributed by atoms with Crippen molar-refractivity contribution in [3.8, 4) is 66.8 Å². The summed E-state index contributed by atoms with van der Waals surface area (Å²) in [7, 11) is 0. The second-order valence-corrected chi connectivity index (χ2v) is 13.9. The van der Waals surface area contributed by atoms with E-state index in [9.17, 15) is 0 Å². The Kier molecular flexibility index (Phi) is 6.35. The van der Waals surface area contributed by atoms with Crippen LogP contribution in [0.15, 0.2) is 194 Å². The Morgan fingerprint density at radius 2 is 0.538 bits per heavy atom. The molecule has 11 rings (SSSR count). The molecule has 0 atom stereocenters. The fourth-order valence-electron chi connectivity index (χ4n) is 9.07. The van der Waals surface area contributed by atoms with Gasteiger partial charge in [-0.15, -0.1) is 0 Å². The van der Waals surface area contributed by atoms with Gasteiger partial charge in [0.15, 0.2) is 0 Å². The van der Waals surface area contributed by atoms with Gasteiger partial charge in [-0.2, -0.15) is 0 Å². The van der Waals surface area contributed by atoms with E-state index in [0.717, 1.165) is 0 Å². The smallest absolute Gasteiger partial charge is 0.000740 e. The normalized spacial score (nSPS) is 11.8. The van der Waals surface area contributed by atoms with Gasteiger partial charge in [0, 0.05) is 0 Å². The van der Waals surface area contributed by atoms with Crippen molar-refractivity contribution in [1.82, 2.24) is 0 Å². The van der Waals surface area contributed by atoms with Crippen LogP contribution in [0.1, 0.15) is 0 Å². The monoisotopic (exact) mass is 656 g/mol. The minimum absolute atomic E-state index is 1.22. The lowest BCUT2D eigenvalue weighted by molar-refractivity contribution is 1.55. The van der Waals surface area contributed by atoms with Crippen molar-refractivity contribution in [2.45, 2.75) is 0 Å². The molecule has 0 spiro atoms. The molecule has 0 fully saturated rings. The molecule has 0 radical (unpaired) electrons. The molecule has 0 saturated carbocycles. The zero-order valence-corrected chi connectivity index (χ0v) is 28.5. The van der Waals surface area contributed by atoms with E-state index in [0.29, 0.717) is 0 Å². The van der Waals surface area contributed by atoms with Gasteiger partial charge < -0.3 is 0 Å². The van der Waals surface area contributed by atoms with E-state index in [1.165, 1.54) is 110 Å². The summed E-state index contributed by atoms with van der Waals surface area (Å²) in [5.41, 5.74) is 15.4. The van der Waals surface area contributed by atoms with E-state index in [4.69, 9.17) is 0 Å². The first-order valence-electron chi connectivity index (χ1n) is 18.1. The van der Waals surface area contributed by atoms with Crippen molar-refractivity contribution in [3.05, 3.63) is 194 Å². The summed E-state index contributed by atoms with van der Waals surface area (Å²) in [4.78, 5) is 0. The molecular weight excluding hydrogens is 625 g/mol. The highest BCUT2D eigenvalue weighted by Crippen LogP contribution is 2.58. The zero-order valence-electron chi connectivity index (χ0n) is 28.5. The molecule has 0 unspecified atom stereocenters. The standard InChI is InChI=1S/C52H32/c1-5-17-33(18-6-1)45-39-27-15-13-25-37(39)42-30-32-44-43-31-29-41-38-26-14-16-28-40(38)49(41)50(43)47(35-21-9-3-10-22-35)48(36-23-11-4-12-24-36)52(44)51(42)46(45)34-19-7-2-8-20-34/h1-32H. The topological polar surface area (TPSA) is 0 Å². The Hall–Kier alpha value is -6.76. The number of hydrogen-bond acceptors (Lipinski definition) is 0. The largest absolute Gasteiger partial charge is 0.0622 e. The molecule has 1 aliphatic rings. The Labute approximate surface area is 302 Å². The van der Waals surface area contributed by atoms with Crippen molar-refractivity contribution in [2.75, 3.05) is 0 Å². The first-order valence-corrected chi connectivity index (χ1v) is 18.1. The Bertz CT molecular complexity index is 3010. The molecule has 0 aliphatic heterocycles. The maximum Gasteiger partial charge on any atom is -0.000740 e. The van der Waals surface area contributed by atoms with Crippen LogP contribution < -0.4 is 0 Å². The molecule has 0 nitrogen and oxygen atoms in total. The van der Waals surface area contributed by atoms with Gasteiger partial charge in [0.05, 0.1) is 0 Å². The van der Waals surface area contributed by atoms with Crippen LogP contribution in [0.5, 0.6) is 0 Å². The number of rotatable bonds is 4. The van der Waals surface area contributed by atoms with Gasteiger partial charge in [-0.3, -0.25) is 0 Å². The summed E-state index contributed by atoms with van der Waals surface area (Å²) in [6, 6.07) is 71.7. The molecule has 1 aliphatic carbocycles. The van der Waals surface area contributed by atoms with E-state index >= 15 is 0 Å². The van der Waals surface area contributed by atoms with Crippen LogP contribution in [-0.4, -0.2) is 0 Å². The molecule has 0 bridgehead atoms. The van der Waals surface area contributed by atoms with Gasteiger partial charge in [0.25, 0.3) is 0 Å². The van der Waals surface area contributed by atoms with Crippen molar-refractivity contribution in [3.63, 3.8) is 0 Å². The summed E-state index contributed by atoms with van der Waals surface area (Å²) < 4.78 is 0. The van der Waals surface area contributed by atoms with Crippen LogP contribution in [0, 0.1) is 0 Å². The summed E-state index contributed by atoms with van der Waals surface area (Å²) in [5, 5.41) is 10.3. The SMILES string of the molecule is c1ccc(-c2c(-c3ccccc3)c3c(ccc4c5ccc6c(c5c(-c5ccccc5)c(-c5ccccc5)c43)-c3ccccc3-6)c3ccccc23)cc1. The summed E-state index contributed by atoms with van der Waals surface area (Å²) in [6.07, 6.45) is 0. The highest BCUT2D eigenvalue weighted by Gasteiger charge is 2.30. The minimum Gasteiger partial charge on any atom is -0.0622 e. The molecule has 0 heteroatoms. The van der Waals surface area contributed by atoms with Gasteiger partial charge in [0.2, 0.25) is 0 Å². The van der Waals surface area contributed by atoms with Gasteiger partial charge in [-0.1, -0.05) is 194 Å². The predicted molar refractivity (Wildman–Crippen MR) is 223 cm³/mol. The molecule has 0 N–H and O–H groups in total. The van der Waals surface area contributed by atoms with E-state index in [2.05, 4.69) is 194 Å². The van der Waals surface area contributed by atoms with Crippen LogP contribution >= 0.6 is 0 Å². The van der Waals surface area contributed by atoms with Crippen LogP contribution in [0.25, 0.3) is 110 Å². The third-order valence-electron chi connectivity index (χ3n) is 11.2. The van der Waals surface area contributed by atoms with Crippen molar-refractivity contribution in [2.24, 2.45) is 0 Å². The highest BCUT2D eigenvalue weighted by molar-refractivity contribution is 6.37. The van der Waals surface area contributed by atoms with Crippen LogP contribution in [0.4, 0.5) is 0 Å². The molecule has 240 valence electrons. The molecule has 0 aromatic heterocycles. The minimum atomic E-state index is 1.22. The molecule has 0 saturated heterocycles. The Balaban J connectivity index is 1.47. The first-order chi connectivity index (χ1) is 25.9. The Morgan fingerprint density at radius 1 is 0.173 bits per heavy atom. The molecule has 10 aromatic rings. The lowest BCUT2D eigenvalue weighted by Crippen LogP contribution is -2.02. The van der Waals surface area contributed by atoms with Crippen LogP contribution in [0.3, 0.4) is 0 Å². The van der Waals surface area contributed by atoms with Crippen molar-refractivity contribution in [1.29, 1.82) is 0 Å². The summed E-state index contributed by atoms with van der Waals surface area (Å²) >= 11 is 0. The van der Waals surface area contributed by atoms with Gasteiger partial charge >= 0.3 is 0 Å². The predicted octanol–water partition coefficient (Wildman–Crippen LogP) is 14.6. The fraction of sp³-hybridized carbons (Fsp3) is 0. The molecule has 10 aromatic carbocycles. The third kappa shape index (κ3) is 4.10. The average molecular weight is 657 g/mol. The molecule has 52 heavy (non-hydrogen) atoms. The third-order valence-corrected chi connectivity index (χ3v) is 11.2. The van der Waals surface area contributed by atoms with Gasteiger partial charge in [-0.05, 0) is 110 Å². The second-order valence-electron chi connectivity index (χ2n) is 13.9. The molecule has 0 heterocycles. The molecule has 0 amide bonds. The van der Waals surface area contributed by atoms with Crippen LogP contribution in [-0.2, 0) is 0 Å². The zero-order chi connectivity index (χ0) is 34.2. The highest BCUT2D eigenvalue weighted by atomic mass is 14.3. The number of fused-ring (bicyclic) bond motifs is 12. The van der Waals surface area contributed by atoms with Crippen LogP contribution in [0.2, 0.25) is 0 Å². The first kappa shape index (κ1) is 29.0. The second kappa shape index (κ2) is 11.4. The van der Waals surface area contributed by atoms with E-state index in [1.54, 1.807) is 0 Å². The Morgan fingerprint density at radius 3 is 1.10 bits per heavy atom. The lowest BCUT2D eigenvalue weighted by Gasteiger charge is -2.30. The molecular formula is C52H32. The number of hydrogen-bond donors (Lipinski definition) is 0. The van der Waals surface area contributed by atoms with E-state index < -0.39 is 0 Å². The average Bonchev–Trinajstić information content (AvgIpc) is 3.22. The quantitative estimate of drug-likeness (QED) is 0.165. The van der Waals surface area contributed by atoms with Gasteiger partial charge in [-0.25, -0.2) is 0 Å². The maximum absolute atomic E-state index is 2.40. The lowest BCUT2D eigenvalue weighted by atomic mass is 9.73. The summed E-state index contributed by atoms with van der Waals surface area (Å²) in [6.45, 7) is 0. The van der Waals surface area contributed by atoms with Gasteiger partial charge in [0.1, 0.15) is 0 Å². The maximum atomic E-state index is 2.40. The van der Waals surface area contributed by atoms with E-state index in [-0.39, 0.29) is 0 Å².